The van der Waals surface area contributed by atoms with Crippen molar-refractivity contribution >= 4 is 5.91 Å². The lowest BCUT2D eigenvalue weighted by Gasteiger charge is -2.19. The molecule has 0 aliphatic heterocycles. The van der Waals surface area contributed by atoms with E-state index < -0.39 is 0 Å². The smallest absolute Gasteiger partial charge is 0.223 e. The molecule has 0 heterocycles. The number of nitrogens with one attached hydrogen (secondary N) is 1. The lowest BCUT2D eigenvalue weighted by molar-refractivity contribution is -0.123. The molecule has 0 saturated heterocycles. The van der Waals surface area contributed by atoms with E-state index in [0.717, 1.165) is 19.3 Å². The number of carbonyl (C=O) groups is 1. The molecule has 114 valence electrons. The Bertz CT molecular complexity index is 608. The minimum atomic E-state index is 0.0988. The van der Waals surface area contributed by atoms with Crippen molar-refractivity contribution in [3.63, 3.8) is 0 Å². The molecule has 0 unspecified atom stereocenters. The molecule has 1 N–H and O–H groups in total. The highest BCUT2D eigenvalue weighted by atomic mass is 16.2. The van der Waals surface area contributed by atoms with Gasteiger partial charge in [0.2, 0.25) is 5.91 Å². The predicted octanol–water partition coefficient (Wildman–Crippen LogP) is 4.13. The van der Waals surface area contributed by atoms with Crippen LogP contribution in [0.5, 0.6) is 0 Å². The summed E-state index contributed by atoms with van der Waals surface area (Å²) >= 11 is 0. The first kappa shape index (κ1) is 14.8. The molecule has 1 amide bonds. The van der Waals surface area contributed by atoms with Crippen molar-refractivity contribution in [1.82, 2.24) is 5.32 Å². The Labute approximate surface area is 132 Å². The molecule has 2 aromatic carbocycles. The minimum Gasteiger partial charge on any atom is -0.349 e. The zero-order chi connectivity index (χ0) is 15.4. The van der Waals surface area contributed by atoms with Crippen molar-refractivity contribution in [1.29, 1.82) is 0 Å². The molecular formula is C20H23NO. The molecule has 1 fully saturated rings. The van der Waals surface area contributed by atoms with Crippen LogP contribution in [-0.2, 0) is 11.2 Å². The van der Waals surface area contributed by atoms with Crippen LogP contribution in [0.4, 0.5) is 0 Å². The number of hydrogen-bond donors (Lipinski definition) is 1. The summed E-state index contributed by atoms with van der Waals surface area (Å²) in [6.45, 7) is 2.14. The van der Waals surface area contributed by atoms with Crippen LogP contribution in [0.15, 0.2) is 60.7 Å². The maximum atomic E-state index is 12.3. The van der Waals surface area contributed by atoms with Crippen LogP contribution in [0.25, 0.3) is 0 Å². The Balaban J connectivity index is 1.67. The normalized spacial score (nSPS) is 21.1. The summed E-state index contributed by atoms with van der Waals surface area (Å²) in [6.07, 6.45) is 2.94. The summed E-state index contributed by atoms with van der Waals surface area (Å²) in [4.78, 5) is 12.3. The van der Waals surface area contributed by atoms with E-state index in [0.29, 0.717) is 5.92 Å². The molecule has 0 radical (unpaired) electrons. The monoisotopic (exact) mass is 293 g/mol. The number of amides is 1. The Morgan fingerprint density at radius 3 is 2.27 bits per heavy atom. The van der Waals surface area contributed by atoms with E-state index in [1.54, 1.807) is 0 Å². The highest BCUT2D eigenvalue weighted by molar-refractivity contribution is 5.81. The topological polar surface area (TPSA) is 29.1 Å². The van der Waals surface area contributed by atoms with Crippen molar-refractivity contribution in [3.8, 4) is 0 Å². The largest absolute Gasteiger partial charge is 0.349 e. The second kappa shape index (κ2) is 6.78. The van der Waals surface area contributed by atoms with Gasteiger partial charge in [-0.25, -0.2) is 0 Å². The van der Waals surface area contributed by atoms with E-state index >= 15 is 0 Å². The van der Waals surface area contributed by atoms with E-state index in [4.69, 9.17) is 0 Å². The van der Waals surface area contributed by atoms with E-state index in [9.17, 15) is 4.79 Å². The van der Waals surface area contributed by atoms with E-state index in [1.165, 1.54) is 11.1 Å². The molecule has 0 bridgehead atoms. The van der Waals surface area contributed by atoms with Gasteiger partial charge in [0.15, 0.2) is 0 Å². The quantitative estimate of drug-likeness (QED) is 0.852. The lowest BCUT2D eigenvalue weighted by atomic mass is 9.98. The van der Waals surface area contributed by atoms with Gasteiger partial charge in [-0.2, -0.15) is 0 Å². The Morgan fingerprint density at radius 1 is 1.09 bits per heavy atom. The van der Waals surface area contributed by atoms with Crippen LogP contribution < -0.4 is 5.32 Å². The van der Waals surface area contributed by atoms with Crippen molar-refractivity contribution in [2.75, 3.05) is 0 Å². The van der Waals surface area contributed by atoms with Crippen LogP contribution in [0.2, 0.25) is 0 Å². The van der Waals surface area contributed by atoms with Crippen LogP contribution >= 0.6 is 0 Å². The first-order valence-electron chi connectivity index (χ1n) is 8.13. The van der Waals surface area contributed by atoms with Crippen molar-refractivity contribution in [2.45, 2.75) is 32.2 Å². The third-order valence-corrected chi connectivity index (χ3v) is 4.53. The summed E-state index contributed by atoms with van der Waals surface area (Å²) in [5.74, 6) is 0.989. The standard InChI is InChI=1S/C20H23NO/c1-15-14-18(15)20(22)21-19(17-10-6-3-7-11-17)13-12-16-8-4-2-5-9-16/h2-11,15,18-19H,12-14H2,1H3,(H,21,22)/t15-,18+,19+/m1/s1. The van der Waals surface area contributed by atoms with Crippen molar-refractivity contribution < 1.29 is 4.79 Å². The molecule has 22 heavy (non-hydrogen) atoms. The van der Waals surface area contributed by atoms with E-state index in [1.807, 2.05) is 24.3 Å². The summed E-state index contributed by atoms with van der Waals surface area (Å²) in [7, 11) is 0. The average Bonchev–Trinajstić information content (AvgIpc) is 3.30. The molecule has 2 aromatic rings. The molecule has 1 saturated carbocycles. The molecule has 3 rings (SSSR count). The van der Waals surface area contributed by atoms with Gasteiger partial charge in [0.05, 0.1) is 6.04 Å². The number of benzene rings is 2. The lowest BCUT2D eigenvalue weighted by Crippen LogP contribution is -2.30. The zero-order valence-electron chi connectivity index (χ0n) is 13.0. The molecular weight excluding hydrogens is 270 g/mol. The van der Waals surface area contributed by atoms with Gasteiger partial charge in [-0.15, -0.1) is 0 Å². The van der Waals surface area contributed by atoms with Gasteiger partial charge in [0, 0.05) is 5.92 Å². The zero-order valence-corrected chi connectivity index (χ0v) is 13.0. The maximum Gasteiger partial charge on any atom is 0.223 e. The van der Waals surface area contributed by atoms with Gasteiger partial charge >= 0.3 is 0 Å². The SMILES string of the molecule is C[C@@H]1C[C@@H]1C(=O)N[C@@H](CCc1ccccc1)c1ccccc1. The Hall–Kier alpha value is -2.09. The first-order chi connectivity index (χ1) is 10.7. The number of aryl methyl sites for hydroxylation is 1. The average molecular weight is 293 g/mol. The molecule has 2 heteroatoms. The summed E-state index contributed by atoms with van der Waals surface area (Å²) in [6, 6.07) is 20.9. The molecule has 0 aromatic heterocycles. The van der Waals surface area contributed by atoms with Gasteiger partial charge in [-0.3, -0.25) is 4.79 Å². The second-order valence-corrected chi connectivity index (χ2v) is 6.32. The fourth-order valence-corrected chi connectivity index (χ4v) is 2.93. The third kappa shape index (κ3) is 3.76. The van der Waals surface area contributed by atoms with Gasteiger partial charge in [0.25, 0.3) is 0 Å². The molecule has 0 spiro atoms. The number of rotatable bonds is 6. The van der Waals surface area contributed by atoms with Crippen molar-refractivity contribution in [2.24, 2.45) is 11.8 Å². The fourth-order valence-electron chi connectivity index (χ4n) is 2.93. The molecule has 1 aliphatic carbocycles. The number of carbonyl (C=O) groups excluding carboxylic acids is 1. The Morgan fingerprint density at radius 2 is 1.68 bits per heavy atom. The summed E-state index contributed by atoms with van der Waals surface area (Å²) in [5, 5.41) is 3.26. The first-order valence-corrected chi connectivity index (χ1v) is 8.13. The van der Waals surface area contributed by atoms with E-state index in [-0.39, 0.29) is 17.9 Å². The van der Waals surface area contributed by atoms with Crippen LogP contribution in [-0.4, -0.2) is 5.91 Å². The third-order valence-electron chi connectivity index (χ3n) is 4.53. The predicted molar refractivity (Wildman–Crippen MR) is 89.4 cm³/mol. The second-order valence-electron chi connectivity index (χ2n) is 6.32. The highest BCUT2D eigenvalue weighted by Crippen LogP contribution is 2.38. The molecule has 1 aliphatic rings. The van der Waals surface area contributed by atoms with Gasteiger partial charge in [0.1, 0.15) is 0 Å². The van der Waals surface area contributed by atoms with Gasteiger partial charge in [-0.1, -0.05) is 67.6 Å². The maximum absolute atomic E-state index is 12.3. The molecule has 2 nitrogen and oxygen atoms in total. The van der Waals surface area contributed by atoms with Crippen LogP contribution in [0.1, 0.15) is 36.9 Å². The van der Waals surface area contributed by atoms with Gasteiger partial charge < -0.3 is 5.32 Å². The van der Waals surface area contributed by atoms with Crippen molar-refractivity contribution in [3.05, 3.63) is 71.8 Å². The fraction of sp³-hybridized carbons (Fsp3) is 0.350. The van der Waals surface area contributed by atoms with Crippen LogP contribution in [0, 0.1) is 11.8 Å². The number of hydrogen-bond acceptors (Lipinski definition) is 1. The van der Waals surface area contributed by atoms with Gasteiger partial charge in [-0.05, 0) is 36.3 Å². The molecule has 3 atom stereocenters. The van der Waals surface area contributed by atoms with E-state index in [2.05, 4.69) is 48.6 Å². The summed E-state index contributed by atoms with van der Waals surface area (Å²) in [5.41, 5.74) is 2.51. The van der Waals surface area contributed by atoms with Crippen LogP contribution in [0.3, 0.4) is 0 Å². The minimum absolute atomic E-state index is 0.0988. The Kier molecular flexibility index (Phi) is 4.57. The summed E-state index contributed by atoms with van der Waals surface area (Å²) < 4.78 is 0. The highest BCUT2D eigenvalue weighted by Gasteiger charge is 2.39.